The monoisotopic (exact) mass is 832 g/mol. The van der Waals surface area contributed by atoms with Crippen LogP contribution < -0.4 is 15.4 Å². The van der Waals surface area contributed by atoms with Gasteiger partial charge in [-0.05, 0) is 75.4 Å². The molecule has 0 unspecified atom stereocenters. The molecule has 0 aliphatic carbocycles. The van der Waals surface area contributed by atoms with Gasteiger partial charge in [-0.25, -0.2) is 19.6 Å². The van der Waals surface area contributed by atoms with Crippen LogP contribution in [0.4, 0.5) is 9.59 Å². The number of rotatable bonds is 12. The molecule has 0 bridgehead atoms. The third-order valence-electron chi connectivity index (χ3n) is 11.4. The van der Waals surface area contributed by atoms with Crippen LogP contribution in [0, 0.1) is 0 Å². The van der Waals surface area contributed by atoms with Gasteiger partial charge in [-0.2, -0.15) is 0 Å². The zero-order valence-corrected chi connectivity index (χ0v) is 34.6. The lowest BCUT2D eigenvalue weighted by Gasteiger charge is -2.30. The zero-order chi connectivity index (χ0) is 42.0. The minimum Gasteiger partial charge on any atom is -0.457 e. The lowest BCUT2D eigenvalue weighted by Crippen LogP contribution is -2.54. The van der Waals surface area contributed by atoms with Gasteiger partial charge in [0.2, 0.25) is 11.8 Å². The molecule has 0 radical (unpaired) electrons. The molecule has 0 spiro atoms. The Morgan fingerprint density at radius 2 is 1.29 bits per heavy atom. The van der Waals surface area contributed by atoms with Gasteiger partial charge in [0.25, 0.3) is 0 Å². The number of imidazole rings is 2. The number of nitrogens with zero attached hydrogens (tertiary/aromatic N) is 4. The van der Waals surface area contributed by atoms with Gasteiger partial charge in [0.15, 0.2) is 0 Å². The molecule has 59 heavy (non-hydrogen) atoms. The number of halogens is 1. The molecule has 4 amide bonds. The van der Waals surface area contributed by atoms with E-state index >= 15 is 0 Å². The van der Waals surface area contributed by atoms with Gasteiger partial charge in [0.05, 0.1) is 67.3 Å². The van der Waals surface area contributed by atoms with Gasteiger partial charge < -0.3 is 54.1 Å². The van der Waals surface area contributed by atoms with Crippen molar-refractivity contribution in [2.24, 2.45) is 0 Å². The number of alkyl carbamates (subject to hydrolysis) is 2. The second-order valence-electron chi connectivity index (χ2n) is 14.9. The number of carbonyl (C=O) groups excluding carboxylic acids is 4. The Morgan fingerprint density at radius 3 is 1.83 bits per heavy atom. The van der Waals surface area contributed by atoms with E-state index in [0.717, 1.165) is 35.2 Å². The fourth-order valence-electron chi connectivity index (χ4n) is 8.03. The van der Waals surface area contributed by atoms with Crippen molar-refractivity contribution in [3.63, 3.8) is 0 Å². The maximum Gasteiger partial charge on any atom is 0.407 e. The summed E-state index contributed by atoms with van der Waals surface area (Å²) >= 11 is 6.92. The molecule has 0 saturated carbocycles. The smallest absolute Gasteiger partial charge is 0.407 e. The molecule has 4 aromatic rings. The Labute approximate surface area is 346 Å². The number of aromatic nitrogens is 4. The van der Waals surface area contributed by atoms with Crippen LogP contribution in [0.15, 0.2) is 42.7 Å². The minimum atomic E-state index is -0.936. The third-order valence-corrected chi connectivity index (χ3v) is 11.8. The first-order chi connectivity index (χ1) is 28.4. The van der Waals surface area contributed by atoms with Crippen molar-refractivity contribution in [1.82, 2.24) is 40.4 Å². The molecule has 2 saturated heterocycles. The summed E-state index contributed by atoms with van der Waals surface area (Å²) in [6.07, 6.45) is 4.40. The fraction of sp³-hybridized carbons (Fsp3) is 0.463. The molecule has 5 heterocycles. The molecule has 3 aliphatic rings. The highest BCUT2D eigenvalue weighted by Crippen LogP contribution is 2.43. The largest absolute Gasteiger partial charge is 0.457 e. The van der Waals surface area contributed by atoms with E-state index in [2.05, 4.69) is 36.6 Å². The van der Waals surface area contributed by atoms with Crippen molar-refractivity contribution >= 4 is 35.6 Å². The Kier molecular flexibility index (Phi) is 12.4. The highest BCUT2D eigenvalue weighted by molar-refractivity contribution is 6.33. The third kappa shape index (κ3) is 8.45. The van der Waals surface area contributed by atoms with Gasteiger partial charge in [-0.1, -0.05) is 11.6 Å². The van der Waals surface area contributed by atoms with Crippen molar-refractivity contribution in [2.75, 3.05) is 41.5 Å². The molecule has 2 aromatic carbocycles. The van der Waals surface area contributed by atoms with E-state index < -0.39 is 36.5 Å². The maximum atomic E-state index is 13.7. The summed E-state index contributed by atoms with van der Waals surface area (Å²) in [5.41, 5.74) is 4.95. The van der Waals surface area contributed by atoms with E-state index in [4.69, 9.17) is 35.3 Å². The van der Waals surface area contributed by atoms with Gasteiger partial charge >= 0.3 is 12.2 Å². The number of ether oxygens (including phenoxy) is 5. The summed E-state index contributed by atoms with van der Waals surface area (Å²) in [4.78, 5) is 71.1. The van der Waals surface area contributed by atoms with Crippen molar-refractivity contribution < 1.29 is 42.9 Å². The molecular weight excluding hydrogens is 784 g/mol. The minimum absolute atomic E-state index is 0.269. The van der Waals surface area contributed by atoms with Gasteiger partial charge in [-0.15, -0.1) is 0 Å². The Morgan fingerprint density at radius 1 is 0.763 bits per heavy atom. The first kappa shape index (κ1) is 41.5. The quantitative estimate of drug-likeness (QED) is 0.121. The molecule has 6 atom stereocenters. The number of aromatic amines is 2. The molecule has 4 N–H and O–H groups in total. The van der Waals surface area contributed by atoms with Crippen molar-refractivity contribution in [3.8, 4) is 34.0 Å². The first-order valence-corrected chi connectivity index (χ1v) is 19.9. The summed E-state index contributed by atoms with van der Waals surface area (Å²) in [6, 6.07) is 7.24. The number of likely N-dealkylation sites (tertiary alicyclic amines) is 2. The van der Waals surface area contributed by atoms with E-state index in [-0.39, 0.29) is 23.9 Å². The van der Waals surface area contributed by atoms with E-state index in [1.165, 1.54) is 28.4 Å². The van der Waals surface area contributed by atoms with Gasteiger partial charge in [0, 0.05) is 50.4 Å². The number of methoxy groups -OCH3 is 4. The van der Waals surface area contributed by atoms with Crippen LogP contribution in [-0.2, 0) is 35.0 Å². The zero-order valence-electron chi connectivity index (χ0n) is 33.8. The molecule has 18 heteroatoms. The van der Waals surface area contributed by atoms with Crippen LogP contribution in [0.2, 0.25) is 5.02 Å². The van der Waals surface area contributed by atoms with Crippen LogP contribution in [0.25, 0.3) is 22.5 Å². The fourth-order valence-corrected chi connectivity index (χ4v) is 8.32. The van der Waals surface area contributed by atoms with E-state index in [1.54, 1.807) is 36.0 Å². The summed E-state index contributed by atoms with van der Waals surface area (Å²) < 4.78 is 26.7. The molecule has 2 fully saturated rings. The average Bonchev–Trinajstić information content (AvgIpc) is 4.09. The topological polar surface area (TPSA) is 202 Å². The van der Waals surface area contributed by atoms with Crippen LogP contribution in [0.1, 0.15) is 74.4 Å². The number of carbonyl (C=O) groups is 4. The Balaban J connectivity index is 1.06. The number of benzene rings is 2. The average molecular weight is 833 g/mol. The van der Waals surface area contributed by atoms with Crippen molar-refractivity contribution in [1.29, 1.82) is 0 Å². The summed E-state index contributed by atoms with van der Waals surface area (Å²) in [5.74, 6) is 2.08. The molecule has 3 aliphatic heterocycles. The van der Waals surface area contributed by atoms with Crippen LogP contribution >= 0.6 is 11.6 Å². The highest BCUT2D eigenvalue weighted by Gasteiger charge is 2.40. The normalized spacial score (nSPS) is 19.2. The molecule has 2 aromatic heterocycles. The number of fused-ring (bicyclic) bond motifs is 2. The van der Waals surface area contributed by atoms with E-state index in [9.17, 15) is 19.2 Å². The van der Waals surface area contributed by atoms with Crippen molar-refractivity contribution in [3.05, 3.63) is 70.5 Å². The number of hydrogen-bond acceptors (Lipinski definition) is 11. The predicted molar refractivity (Wildman–Crippen MR) is 215 cm³/mol. The lowest BCUT2D eigenvalue weighted by molar-refractivity contribution is -0.138. The summed E-state index contributed by atoms with van der Waals surface area (Å²) in [5, 5.41) is 5.74. The number of hydrogen-bond donors (Lipinski definition) is 4. The Hall–Kier alpha value is -5.65. The second kappa shape index (κ2) is 17.7. The molecular formula is C41H49ClN8O9. The van der Waals surface area contributed by atoms with Crippen LogP contribution in [-0.4, -0.2) is 120 Å². The lowest BCUT2D eigenvalue weighted by atomic mass is 9.96. The highest BCUT2D eigenvalue weighted by atomic mass is 35.5. The summed E-state index contributed by atoms with van der Waals surface area (Å²) in [6.45, 7) is 4.45. The molecule has 17 nitrogen and oxygen atoms in total. The van der Waals surface area contributed by atoms with E-state index in [1.807, 2.05) is 24.3 Å². The SMILES string of the molecule is COC(=O)N[C@H](C(=O)N1CCC[C@H]1c1ncc(-c2ccc3c(c2)Cc2cc(Cl)c(-c4cnc([C@@H]5CCCN5C(=O)[C@@H](NC(=O)OC)[C@@H](C)OC)[nH]4)cc2O3)[nH]1)[C@@H](C)OC. The molecule has 314 valence electrons. The first-order valence-electron chi connectivity index (χ1n) is 19.5. The summed E-state index contributed by atoms with van der Waals surface area (Å²) in [7, 11) is 5.47. The number of nitrogens with one attached hydrogen (secondary N) is 4. The predicted octanol–water partition coefficient (Wildman–Crippen LogP) is 5.66. The maximum absolute atomic E-state index is 13.7. The van der Waals surface area contributed by atoms with Crippen LogP contribution in [0.5, 0.6) is 11.5 Å². The van der Waals surface area contributed by atoms with Crippen LogP contribution in [0.3, 0.4) is 0 Å². The van der Waals surface area contributed by atoms with Crippen molar-refractivity contribution in [2.45, 2.75) is 82.3 Å². The number of H-pyrrole nitrogens is 2. The van der Waals surface area contributed by atoms with E-state index in [0.29, 0.717) is 71.8 Å². The van der Waals surface area contributed by atoms with Gasteiger partial charge in [-0.3, -0.25) is 9.59 Å². The molecule has 7 rings (SSSR count). The van der Waals surface area contributed by atoms with Gasteiger partial charge in [0.1, 0.15) is 35.2 Å². The second-order valence-corrected chi connectivity index (χ2v) is 15.3. The number of amides is 4. The Bertz CT molecular complexity index is 2210. The standard InChI is InChI=1S/C41H49ClN8O9/c1-21(55-3)34(47-40(53)57-5)38(51)49-13-7-9-30(49)36-43-19-28(45-36)23-11-12-32-24(15-23)16-25-17-27(42)26(18-33(25)59-32)29-20-44-37(46-29)31-10-8-14-50(31)39(52)35(22(2)56-4)48-41(54)58-6/h11-12,15,17-22,30-31,34-35H,7-10,13-14,16H2,1-6H3,(H,43,45)(H,44,46)(H,47,53)(H,48,54)/t21-,22-,30+,31+,34+,35+/m1/s1.